The number of alkyl halides is 2. The molecule has 0 amide bonds. The summed E-state index contributed by atoms with van der Waals surface area (Å²) in [5.41, 5.74) is 2.44. The van der Waals surface area contributed by atoms with Gasteiger partial charge in [0, 0.05) is 22.3 Å². The summed E-state index contributed by atoms with van der Waals surface area (Å²) in [5.74, 6) is 0.0338. The Morgan fingerprint density at radius 2 is 1.32 bits per heavy atom. The molecule has 0 aromatic heterocycles. The van der Waals surface area contributed by atoms with Crippen molar-refractivity contribution in [3.63, 3.8) is 0 Å². The van der Waals surface area contributed by atoms with Gasteiger partial charge in [-0.25, -0.2) is 0 Å². The van der Waals surface area contributed by atoms with Crippen LogP contribution in [0.2, 0.25) is 0 Å². The maximum Gasteiger partial charge on any atom is 0.190 e. The Morgan fingerprint density at radius 1 is 0.800 bits per heavy atom. The number of carbonyl (C=O) groups is 2. The number of Topliss-reactive ketones (excluding diaryl/α,β-unsaturated/α-hetero) is 2. The SMILES string of the molecule is CC1=C(CCCCCCCCCC(Cl)Cl)C(=O)c2ccccc2C1=O. The van der Waals surface area contributed by atoms with E-state index in [0.29, 0.717) is 28.7 Å². The third-order valence-electron chi connectivity index (χ3n) is 4.83. The number of fused-ring (bicyclic) bond motifs is 1. The van der Waals surface area contributed by atoms with Gasteiger partial charge in [-0.3, -0.25) is 9.59 Å². The zero-order chi connectivity index (χ0) is 18.2. The predicted molar refractivity (Wildman–Crippen MR) is 105 cm³/mol. The maximum absolute atomic E-state index is 12.6. The number of halogens is 2. The van der Waals surface area contributed by atoms with Crippen molar-refractivity contribution >= 4 is 34.8 Å². The summed E-state index contributed by atoms with van der Waals surface area (Å²) >= 11 is 11.4. The molecule has 136 valence electrons. The van der Waals surface area contributed by atoms with Crippen LogP contribution in [0.4, 0.5) is 0 Å². The molecule has 4 heteroatoms. The molecule has 0 saturated carbocycles. The minimum absolute atomic E-state index is 0.00193. The van der Waals surface area contributed by atoms with Gasteiger partial charge in [-0.1, -0.05) is 62.8 Å². The lowest BCUT2D eigenvalue weighted by molar-refractivity contribution is 0.0971. The van der Waals surface area contributed by atoms with Gasteiger partial charge in [0.2, 0.25) is 0 Å². The highest BCUT2D eigenvalue weighted by atomic mass is 35.5. The second-order valence-electron chi connectivity index (χ2n) is 6.71. The Bertz CT molecular complexity index is 647. The number of benzene rings is 1. The third-order valence-corrected chi connectivity index (χ3v) is 5.27. The number of rotatable bonds is 10. The summed E-state index contributed by atoms with van der Waals surface area (Å²) in [6.45, 7) is 1.78. The molecular weight excluding hydrogens is 355 g/mol. The van der Waals surface area contributed by atoms with Crippen molar-refractivity contribution in [3.05, 3.63) is 46.5 Å². The summed E-state index contributed by atoms with van der Waals surface area (Å²) < 4.78 is 0. The highest BCUT2D eigenvalue weighted by Crippen LogP contribution is 2.29. The number of hydrogen-bond donors (Lipinski definition) is 0. The van der Waals surface area contributed by atoms with Crippen LogP contribution >= 0.6 is 23.2 Å². The smallest absolute Gasteiger partial charge is 0.190 e. The molecule has 0 N–H and O–H groups in total. The molecule has 0 bridgehead atoms. The van der Waals surface area contributed by atoms with E-state index in [4.69, 9.17) is 23.2 Å². The van der Waals surface area contributed by atoms with Gasteiger partial charge in [0.15, 0.2) is 11.6 Å². The Kier molecular flexibility index (Phi) is 8.18. The fourth-order valence-corrected chi connectivity index (χ4v) is 3.64. The summed E-state index contributed by atoms with van der Waals surface area (Å²) in [7, 11) is 0. The summed E-state index contributed by atoms with van der Waals surface area (Å²) in [5, 5.41) is 0. The van der Waals surface area contributed by atoms with Crippen molar-refractivity contribution in [2.45, 2.75) is 69.5 Å². The van der Waals surface area contributed by atoms with Crippen LogP contribution in [-0.4, -0.2) is 16.4 Å². The summed E-state index contributed by atoms with van der Waals surface area (Å²) in [6.07, 6.45) is 9.43. The van der Waals surface area contributed by atoms with E-state index in [1.54, 1.807) is 19.1 Å². The van der Waals surface area contributed by atoms with Crippen LogP contribution in [0.5, 0.6) is 0 Å². The highest BCUT2D eigenvalue weighted by molar-refractivity contribution is 6.44. The van der Waals surface area contributed by atoms with E-state index in [-0.39, 0.29) is 16.4 Å². The van der Waals surface area contributed by atoms with Crippen LogP contribution in [-0.2, 0) is 0 Å². The van der Waals surface area contributed by atoms with Gasteiger partial charge < -0.3 is 0 Å². The summed E-state index contributed by atoms with van der Waals surface area (Å²) in [4.78, 5) is 24.8. The van der Waals surface area contributed by atoms with Crippen LogP contribution in [0.15, 0.2) is 35.4 Å². The fraction of sp³-hybridized carbons (Fsp3) is 0.524. The van der Waals surface area contributed by atoms with E-state index in [1.165, 1.54) is 19.3 Å². The molecule has 0 aliphatic heterocycles. The van der Waals surface area contributed by atoms with Gasteiger partial charge in [0.25, 0.3) is 0 Å². The Hall–Kier alpha value is -1.12. The lowest BCUT2D eigenvalue weighted by Crippen LogP contribution is -2.20. The van der Waals surface area contributed by atoms with Gasteiger partial charge in [0.1, 0.15) is 4.84 Å². The maximum atomic E-state index is 12.6. The van der Waals surface area contributed by atoms with E-state index >= 15 is 0 Å². The number of hydrogen-bond acceptors (Lipinski definition) is 2. The van der Waals surface area contributed by atoms with Gasteiger partial charge in [-0.15, -0.1) is 23.2 Å². The number of allylic oxidation sites excluding steroid dienone is 2. The zero-order valence-electron chi connectivity index (χ0n) is 14.8. The molecule has 1 aromatic carbocycles. The predicted octanol–water partition coefficient (Wildman–Crippen LogP) is 6.70. The Balaban J connectivity index is 1.73. The fourth-order valence-electron chi connectivity index (χ4n) is 3.34. The highest BCUT2D eigenvalue weighted by Gasteiger charge is 2.28. The van der Waals surface area contributed by atoms with Crippen LogP contribution in [0.25, 0.3) is 0 Å². The summed E-state index contributed by atoms with van der Waals surface area (Å²) in [6, 6.07) is 7.13. The molecule has 0 radical (unpaired) electrons. The molecule has 0 saturated heterocycles. The molecule has 1 aromatic rings. The average molecular weight is 381 g/mol. The van der Waals surface area contributed by atoms with Crippen molar-refractivity contribution in [2.24, 2.45) is 0 Å². The second kappa shape index (κ2) is 10.1. The molecule has 2 rings (SSSR count). The minimum Gasteiger partial charge on any atom is -0.289 e. The number of ketones is 2. The molecule has 25 heavy (non-hydrogen) atoms. The molecule has 1 aliphatic rings. The lowest BCUT2D eigenvalue weighted by atomic mass is 9.82. The van der Waals surface area contributed by atoms with Crippen LogP contribution in [0, 0.1) is 0 Å². The van der Waals surface area contributed by atoms with Crippen molar-refractivity contribution in [1.82, 2.24) is 0 Å². The Labute approximate surface area is 160 Å². The molecule has 1 aliphatic carbocycles. The number of carbonyl (C=O) groups excluding carboxylic acids is 2. The standard InChI is InChI=1S/C21H26Cl2O2/c1-15-16(11-7-5-3-2-4-6-8-14-19(22)23)21(25)18-13-10-9-12-17(18)20(15)24/h9-10,12-13,19H,2-8,11,14H2,1H3. The van der Waals surface area contributed by atoms with Crippen molar-refractivity contribution in [1.29, 1.82) is 0 Å². The Morgan fingerprint density at radius 3 is 1.92 bits per heavy atom. The molecule has 0 heterocycles. The largest absolute Gasteiger partial charge is 0.289 e. The quantitative estimate of drug-likeness (QED) is 0.334. The normalized spacial score (nSPS) is 14.4. The first kappa shape index (κ1) is 20.2. The van der Waals surface area contributed by atoms with Crippen LogP contribution in [0.1, 0.15) is 85.4 Å². The molecule has 0 spiro atoms. The van der Waals surface area contributed by atoms with Crippen molar-refractivity contribution < 1.29 is 9.59 Å². The lowest BCUT2D eigenvalue weighted by Gasteiger charge is -2.18. The first-order valence-electron chi connectivity index (χ1n) is 9.18. The van der Waals surface area contributed by atoms with Crippen LogP contribution in [0.3, 0.4) is 0 Å². The van der Waals surface area contributed by atoms with Crippen molar-refractivity contribution in [3.8, 4) is 0 Å². The molecule has 0 fully saturated rings. The van der Waals surface area contributed by atoms with Crippen molar-refractivity contribution in [2.75, 3.05) is 0 Å². The number of unbranched alkanes of at least 4 members (excludes halogenated alkanes) is 6. The van der Waals surface area contributed by atoms with Gasteiger partial charge in [0.05, 0.1) is 0 Å². The first-order valence-corrected chi connectivity index (χ1v) is 10.1. The molecule has 0 unspecified atom stereocenters. The van der Waals surface area contributed by atoms with E-state index in [2.05, 4.69) is 0 Å². The monoisotopic (exact) mass is 380 g/mol. The molecule has 2 nitrogen and oxygen atoms in total. The van der Waals surface area contributed by atoms with Gasteiger partial charge in [-0.05, 0) is 26.2 Å². The zero-order valence-corrected chi connectivity index (χ0v) is 16.3. The van der Waals surface area contributed by atoms with Gasteiger partial charge in [-0.2, -0.15) is 0 Å². The van der Waals surface area contributed by atoms with E-state index < -0.39 is 0 Å². The molecular formula is C21H26Cl2O2. The van der Waals surface area contributed by atoms with Gasteiger partial charge >= 0.3 is 0 Å². The average Bonchev–Trinajstić information content (AvgIpc) is 2.60. The van der Waals surface area contributed by atoms with Crippen LogP contribution < -0.4 is 0 Å². The van der Waals surface area contributed by atoms with E-state index in [1.807, 2.05) is 12.1 Å². The van der Waals surface area contributed by atoms with E-state index in [9.17, 15) is 9.59 Å². The van der Waals surface area contributed by atoms with E-state index in [0.717, 1.165) is 32.1 Å². The second-order valence-corrected chi connectivity index (χ2v) is 7.99. The minimum atomic E-state index is -0.239. The topological polar surface area (TPSA) is 34.1 Å². The molecule has 0 atom stereocenters. The third kappa shape index (κ3) is 5.69. The first-order chi connectivity index (χ1) is 12.0.